The number of aliphatic hydroxyl groups is 2. The zero-order valence-corrected chi connectivity index (χ0v) is 15.2. The lowest BCUT2D eigenvalue weighted by molar-refractivity contribution is -0.140. The third-order valence-corrected chi connectivity index (χ3v) is 4.64. The number of benzene rings is 2. The van der Waals surface area contributed by atoms with Crippen LogP contribution in [0.15, 0.2) is 54.1 Å². The Morgan fingerprint density at radius 3 is 2.26 bits per heavy atom. The molecule has 2 aromatic carbocycles. The Morgan fingerprint density at radius 1 is 1.07 bits per heavy atom. The SMILES string of the molecule is COc1ccc([C@@H]2C(=C(O)c3ccc(C)cc3)C(=O)C(=O)N2CCO)cc1. The van der Waals surface area contributed by atoms with Crippen molar-refractivity contribution in [1.29, 1.82) is 0 Å². The molecule has 0 unspecified atom stereocenters. The van der Waals surface area contributed by atoms with E-state index in [9.17, 15) is 19.8 Å². The Bertz CT molecular complexity index is 884. The first-order valence-electron chi connectivity index (χ1n) is 8.58. The number of hydrogen-bond donors (Lipinski definition) is 2. The number of carbonyl (C=O) groups excluding carboxylic acids is 2. The number of β-amino-alcohol motifs (C(OH)–C–C–N with tert-alkyl or cyclic N) is 1. The highest BCUT2D eigenvalue weighted by atomic mass is 16.5. The van der Waals surface area contributed by atoms with E-state index in [1.165, 1.54) is 4.90 Å². The fraction of sp³-hybridized carbons (Fsp3) is 0.238. The van der Waals surface area contributed by atoms with Crippen molar-refractivity contribution < 1.29 is 24.5 Å². The predicted molar refractivity (Wildman–Crippen MR) is 100 cm³/mol. The zero-order valence-electron chi connectivity index (χ0n) is 15.2. The Hall–Kier alpha value is -3.12. The number of methoxy groups -OCH3 is 1. The smallest absolute Gasteiger partial charge is 0.295 e. The molecule has 0 aromatic heterocycles. The van der Waals surface area contributed by atoms with Crippen molar-refractivity contribution in [3.05, 3.63) is 70.8 Å². The number of Topliss-reactive ketones (excluding diaryl/α,β-unsaturated/α-hetero) is 1. The molecular weight excluding hydrogens is 346 g/mol. The maximum Gasteiger partial charge on any atom is 0.295 e. The molecule has 3 rings (SSSR count). The summed E-state index contributed by atoms with van der Waals surface area (Å²) in [5, 5.41) is 20.2. The fourth-order valence-electron chi connectivity index (χ4n) is 3.22. The Kier molecular flexibility index (Phi) is 5.28. The van der Waals surface area contributed by atoms with Gasteiger partial charge in [0.05, 0.1) is 25.3 Å². The van der Waals surface area contributed by atoms with Crippen LogP contribution in [0.1, 0.15) is 22.7 Å². The molecule has 6 heteroatoms. The highest BCUT2D eigenvalue weighted by molar-refractivity contribution is 6.46. The standard InChI is InChI=1S/C21H21NO5/c1-13-3-5-15(6-4-13)19(24)17-18(14-7-9-16(27-2)10-8-14)22(11-12-23)21(26)20(17)25/h3-10,18,23-24H,11-12H2,1-2H3/t18-/m1/s1. The van der Waals surface area contributed by atoms with Crippen LogP contribution in [0.2, 0.25) is 0 Å². The number of likely N-dealkylation sites (tertiary alicyclic amines) is 1. The molecule has 140 valence electrons. The quantitative estimate of drug-likeness (QED) is 0.481. The summed E-state index contributed by atoms with van der Waals surface area (Å²) in [7, 11) is 1.55. The van der Waals surface area contributed by atoms with Crippen molar-refractivity contribution in [3.8, 4) is 5.75 Å². The zero-order chi connectivity index (χ0) is 19.6. The van der Waals surface area contributed by atoms with Crippen molar-refractivity contribution in [2.24, 2.45) is 0 Å². The minimum atomic E-state index is -0.774. The summed E-state index contributed by atoms with van der Waals surface area (Å²) in [6, 6.07) is 13.2. The van der Waals surface area contributed by atoms with Crippen LogP contribution in [0, 0.1) is 6.92 Å². The minimum absolute atomic E-state index is 0.00799. The van der Waals surface area contributed by atoms with E-state index in [0.29, 0.717) is 16.9 Å². The second-order valence-electron chi connectivity index (χ2n) is 6.36. The van der Waals surface area contributed by atoms with E-state index in [0.717, 1.165) is 5.56 Å². The highest BCUT2D eigenvalue weighted by Crippen LogP contribution is 2.39. The fourth-order valence-corrected chi connectivity index (χ4v) is 3.22. The minimum Gasteiger partial charge on any atom is -0.507 e. The van der Waals surface area contributed by atoms with Crippen LogP contribution < -0.4 is 4.74 Å². The lowest BCUT2D eigenvalue weighted by Crippen LogP contribution is -2.32. The van der Waals surface area contributed by atoms with Crippen LogP contribution in [-0.2, 0) is 9.59 Å². The van der Waals surface area contributed by atoms with Gasteiger partial charge in [-0.2, -0.15) is 0 Å². The number of carbonyl (C=O) groups is 2. The van der Waals surface area contributed by atoms with Gasteiger partial charge in [-0.05, 0) is 24.6 Å². The number of ether oxygens (including phenoxy) is 1. The third-order valence-electron chi connectivity index (χ3n) is 4.64. The summed E-state index contributed by atoms with van der Waals surface area (Å²) < 4.78 is 5.15. The van der Waals surface area contributed by atoms with E-state index in [2.05, 4.69) is 0 Å². The number of ketones is 1. The molecule has 1 aliphatic heterocycles. The Balaban J connectivity index is 2.15. The number of hydrogen-bond acceptors (Lipinski definition) is 5. The number of aryl methyl sites for hydroxylation is 1. The van der Waals surface area contributed by atoms with E-state index < -0.39 is 17.7 Å². The molecule has 0 bridgehead atoms. The molecule has 0 radical (unpaired) electrons. The van der Waals surface area contributed by atoms with Gasteiger partial charge < -0.3 is 19.8 Å². The predicted octanol–water partition coefficient (Wildman–Crippen LogP) is 2.42. The van der Waals surface area contributed by atoms with Crippen molar-refractivity contribution >= 4 is 17.4 Å². The lowest BCUT2D eigenvalue weighted by atomic mass is 9.95. The van der Waals surface area contributed by atoms with Crippen molar-refractivity contribution in [2.45, 2.75) is 13.0 Å². The molecule has 0 saturated carbocycles. The summed E-state index contributed by atoms with van der Waals surface area (Å²) in [5.74, 6) is -1.09. The average molecular weight is 367 g/mol. The largest absolute Gasteiger partial charge is 0.507 e. The molecule has 1 heterocycles. The molecule has 2 aromatic rings. The summed E-state index contributed by atoms with van der Waals surface area (Å²) in [6.07, 6.45) is 0. The van der Waals surface area contributed by atoms with Crippen LogP contribution in [-0.4, -0.2) is 47.1 Å². The summed E-state index contributed by atoms with van der Waals surface area (Å²) in [4.78, 5) is 26.4. The topological polar surface area (TPSA) is 87.1 Å². The number of rotatable bonds is 5. The maximum atomic E-state index is 12.7. The number of aliphatic hydroxyl groups excluding tert-OH is 2. The number of nitrogens with zero attached hydrogens (tertiary/aromatic N) is 1. The van der Waals surface area contributed by atoms with Crippen molar-refractivity contribution in [2.75, 3.05) is 20.3 Å². The van der Waals surface area contributed by atoms with E-state index in [4.69, 9.17) is 4.74 Å². The van der Waals surface area contributed by atoms with E-state index in [1.54, 1.807) is 43.5 Å². The molecule has 6 nitrogen and oxygen atoms in total. The summed E-state index contributed by atoms with van der Waals surface area (Å²) >= 11 is 0. The summed E-state index contributed by atoms with van der Waals surface area (Å²) in [5.41, 5.74) is 2.14. The Labute approximate surface area is 157 Å². The van der Waals surface area contributed by atoms with Gasteiger partial charge in [0, 0.05) is 12.1 Å². The lowest BCUT2D eigenvalue weighted by Gasteiger charge is -2.24. The molecule has 2 N–H and O–H groups in total. The van der Waals surface area contributed by atoms with Crippen LogP contribution in [0.25, 0.3) is 5.76 Å². The monoisotopic (exact) mass is 367 g/mol. The van der Waals surface area contributed by atoms with Gasteiger partial charge in [-0.25, -0.2) is 0 Å². The van der Waals surface area contributed by atoms with Gasteiger partial charge in [-0.15, -0.1) is 0 Å². The van der Waals surface area contributed by atoms with Gasteiger partial charge in [0.15, 0.2) is 0 Å². The summed E-state index contributed by atoms with van der Waals surface area (Å²) in [6.45, 7) is 1.62. The van der Waals surface area contributed by atoms with Gasteiger partial charge in [0.25, 0.3) is 11.7 Å². The number of amides is 1. The first-order chi connectivity index (χ1) is 13.0. The first-order valence-corrected chi connectivity index (χ1v) is 8.58. The van der Waals surface area contributed by atoms with Gasteiger partial charge in [0.2, 0.25) is 0 Å². The van der Waals surface area contributed by atoms with Crippen LogP contribution in [0.3, 0.4) is 0 Å². The molecule has 1 aliphatic rings. The van der Waals surface area contributed by atoms with Crippen LogP contribution in [0.5, 0.6) is 5.75 Å². The highest BCUT2D eigenvalue weighted by Gasteiger charge is 2.45. The second-order valence-corrected chi connectivity index (χ2v) is 6.36. The van der Waals surface area contributed by atoms with Gasteiger partial charge in [0.1, 0.15) is 11.5 Å². The second kappa shape index (κ2) is 7.63. The molecule has 27 heavy (non-hydrogen) atoms. The van der Waals surface area contributed by atoms with Gasteiger partial charge in [-0.3, -0.25) is 9.59 Å². The first kappa shape index (κ1) is 18.7. The van der Waals surface area contributed by atoms with Gasteiger partial charge in [-0.1, -0.05) is 42.0 Å². The molecule has 1 amide bonds. The van der Waals surface area contributed by atoms with Crippen LogP contribution in [0.4, 0.5) is 0 Å². The third kappa shape index (κ3) is 3.44. The molecular formula is C21H21NO5. The molecule has 1 fully saturated rings. The average Bonchev–Trinajstić information content (AvgIpc) is 2.93. The molecule has 1 atom stereocenters. The normalized spacial score (nSPS) is 18.8. The van der Waals surface area contributed by atoms with Crippen molar-refractivity contribution in [3.63, 3.8) is 0 Å². The maximum absolute atomic E-state index is 12.7. The van der Waals surface area contributed by atoms with Crippen molar-refractivity contribution in [1.82, 2.24) is 4.90 Å². The van der Waals surface area contributed by atoms with Gasteiger partial charge >= 0.3 is 0 Å². The van der Waals surface area contributed by atoms with E-state index in [-0.39, 0.29) is 24.5 Å². The van der Waals surface area contributed by atoms with E-state index in [1.807, 2.05) is 19.1 Å². The van der Waals surface area contributed by atoms with E-state index >= 15 is 0 Å². The van der Waals surface area contributed by atoms with Crippen LogP contribution >= 0.6 is 0 Å². The molecule has 0 spiro atoms. The Morgan fingerprint density at radius 2 is 1.70 bits per heavy atom. The molecule has 1 saturated heterocycles. The molecule has 0 aliphatic carbocycles.